The predicted octanol–water partition coefficient (Wildman–Crippen LogP) is 9.91. The van der Waals surface area contributed by atoms with Gasteiger partial charge < -0.3 is 4.74 Å². The lowest BCUT2D eigenvalue weighted by molar-refractivity contribution is -0.151. The van der Waals surface area contributed by atoms with Crippen LogP contribution in [-0.2, 0) is 9.53 Å². The molecule has 0 unspecified atom stereocenters. The summed E-state index contributed by atoms with van der Waals surface area (Å²) in [6, 6.07) is 0. The number of allylic oxidation sites excluding steroid dienone is 1. The van der Waals surface area contributed by atoms with Gasteiger partial charge in [0.2, 0.25) is 0 Å². The fourth-order valence-corrected chi connectivity index (χ4v) is 9.69. The molecule has 206 valence electrons. The molecule has 0 saturated heterocycles. The number of hydrogen-bond acceptors (Lipinski definition) is 2. The molecule has 4 aliphatic rings. The summed E-state index contributed by atoms with van der Waals surface area (Å²) in [4.78, 5) is 12.4. The fourth-order valence-electron chi connectivity index (χ4n) is 9.69. The molecule has 36 heavy (non-hydrogen) atoms. The molecule has 0 aromatic rings. The van der Waals surface area contributed by atoms with Crippen molar-refractivity contribution in [2.24, 2.45) is 46.3 Å². The van der Waals surface area contributed by atoms with Gasteiger partial charge in [0.1, 0.15) is 6.10 Å². The van der Waals surface area contributed by atoms with Crippen LogP contribution in [0.1, 0.15) is 144 Å². The number of unbranched alkanes of at least 4 members (excludes halogenated alkanes) is 3. The highest BCUT2D eigenvalue weighted by molar-refractivity contribution is 5.69. The van der Waals surface area contributed by atoms with Gasteiger partial charge >= 0.3 is 5.97 Å². The molecular formula is C34H58O2. The van der Waals surface area contributed by atoms with Gasteiger partial charge in [-0.3, -0.25) is 4.79 Å². The maximum absolute atomic E-state index is 12.4. The van der Waals surface area contributed by atoms with Crippen LogP contribution in [0.4, 0.5) is 0 Å². The average molecular weight is 499 g/mol. The minimum atomic E-state index is 0.0435. The second-order valence-electron chi connectivity index (χ2n) is 14.5. The van der Waals surface area contributed by atoms with E-state index in [9.17, 15) is 4.79 Å². The lowest BCUT2D eigenvalue weighted by atomic mass is 9.47. The normalized spacial score (nSPS) is 38.6. The molecule has 4 rings (SSSR count). The minimum absolute atomic E-state index is 0.0435. The fraction of sp³-hybridized carbons (Fsp3) is 0.912. The standard InChI is InChI=1S/C34H58O2/c1-7-8-9-10-14-32(35)36-27-19-21-33(5)26(23-27)15-16-28-30-18-17-29(25(4)13-11-12-24(2)3)34(30,6)22-20-31(28)33/h15,24-25,27-31H,7-14,16-23H2,1-6H3/t25-,27-,28+,29-,30+,31+,33+,34-/m1/s1. The van der Waals surface area contributed by atoms with Gasteiger partial charge in [0, 0.05) is 12.8 Å². The topological polar surface area (TPSA) is 26.3 Å². The van der Waals surface area contributed by atoms with E-state index < -0.39 is 0 Å². The molecule has 0 aromatic heterocycles. The Bertz CT molecular complexity index is 767. The van der Waals surface area contributed by atoms with Crippen LogP contribution in [0.15, 0.2) is 11.6 Å². The van der Waals surface area contributed by atoms with Crippen molar-refractivity contribution < 1.29 is 9.53 Å². The Balaban J connectivity index is 1.36. The molecule has 0 N–H and O–H groups in total. The minimum Gasteiger partial charge on any atom is -0.462 e. The smallest absolute Gasteiger partial charge is 0.306 e. The van der Waals surface area contributed by atoms with Gasteiger partial charge in [-0.25, -0.2) is 0 Å². The molecule has 3 saturated carbocycles. The van der Waals surface area contributed by atoms with Crippen LogP contribution in [0, 0.1) is 46.3 Å². The molecule has 2 nitrogen and oxygen atoms in total. The van der Waals surface area contributed by atoms with E-state index in [1.165, 1.54) is 70.6 Å². The molecule has 0 bridgehead atoms. The van der Waals surface area contributed by atoms with Crippen molar-refractivity contribution in [3.05, 3.63) is 11.6 Å². The third-order valence-corrected chi connectivity index (χ3v) is 11.8. The SMILES string of the molecule is CCCCCCC(=O)O[C@@H]1CC[C@@]2(C)C(=CC[C@H]3[C@@H]4CC[C@H]([C@H](C)CCCC(C)C)[C@@]4(C)CC[C@@H]32)C1. The summed E-state index contributed by atoms with van der Waals surface area (Å²) >= 11 is 0. The van der Waals surface area contributed by atoms with Crippen molar-refractivity contribution >= 4 is 5.97 Å². The van der Waals surface area contributed by atoms with Crippen LogP contribution in [0.3, 0.4) is 0 Å². The van der Waals surface area contributed by atoms with Gasteiger partial charge in [-0.05, 0) is 97.7 Å². The molecule has 2 heteroatoms. The molecule has 0 amide bonds. The number of ether oxygens (including phenoxy) is 1. The van der Waals surface area contributed by atoms with E-state index in [4.69, 9.17) is 4.74 Å². The molecule has 0 spiro atoms. The molecule has 0 aromatic carbocycles. The first-order valence-electron chi connectivity index (χ1n) is 16.1. The quantitative estimate of drug-likeness (QED) is 0.161. The van der Waals surface area contributed by atoms with Crippen LogP contribution in [0.5, 0.6) is 0 Å². The largest absolute Gasteiger partial charge is 0.462 e. The summed E-state index contributed by atoms with van der Waals surface area (Å²) in [5, 5.41) is 0. The Morgan fingerprint density at radius 2 is 1.78 bits per heavy atom. The monoisotopic (exact) mass is 498 g/mol. The Morgan fingerprint density at radius 1 is 0.972 bits per heavy atom. The summed E-state index contributed by atoms with van der Waals surface area (Å²) in [7, 11) is 0. The first-order valence-corrected chi connectivity index (χ1v) is 16.1. The van der Waals surface area contributed by atoms with Crippen molar-refractivity contribution in [3.8, 4) is 0 Å². The maximum Gasteiger partial charge on any atom is 0.306 e. The molecule has 3 fully saturated rings. The highest BCUT2D eigenvalue weighted by Crippen LogP contribution is 2.67. The summed E-state index contributed by atoms with van der Waals surface area (Å²) in [6.07, 6.45) is 22.5. The van der Waals surface area contributed by atoms with Gasteiger partial charge in [-0.15, -0.1) is 0 Å². The molecular weight excluding hydrogens is 440 g/mol. The summed E-state index contributed by atoms with van der Waals surface area (Å²) in [5.41, 5.74) is 2.54. The second kappa shape index (κ2) is 11.9. The number of rotatable bonds is 11. The van der Waals surface area contributed by atoms with Crippen LogP contribution < -0.4 is 0 Å². The number of carbonyl (C=O) groups is 1. The zero-order valence-electron chi connectivity index (χ0n) is 24.7. The van der Waals surface area contributed by atoms with Gasteiger partial charge in [-0.2, -0.15) is 0 Å². The van der Waals surface area contributed by atoms with Crippen molar-refractivity contribution in [3.63, 3.8) is 0 Å². The van der Waals surface area contributed by atoms with E-state index >= 15 is 0 Å². The molecule has 8 atom stereocenters. The zero-order chi connectivity index (χ0) is 25.9. The Morgan fingerprint density at radius 3 is 2.53 bits per heavy atom. The predicted molar refractivity (Wildman–Crippen MR) is 152 cm³/mol. The number of hydrogen-bond donors (Lipinski definition) is 0. The Hall–Kier alpha value is -0.790. The van der Waals surface area contributed by atoms with E-state index in [2.05, 4.69) is 47.6 Å². The number of esters is 1. The molecule has 4 aliphatic carbocycles. The van der Waals surface area contributed by atoms with E-state index in [-0.39, 0.29) is 12.1 Å². The van der Waals surface area contributed by atoms with E-state index in [1.807, 2.05) is 0 Å². The highest BCUT2D eigenvalue weighted by atomic mass is 16.5. The van der Waals surface area contributed by atoms with Crippen LogP contribution in [0.2, 0.25) is 0 Å². The average Bonchev–Trinajstić information content (AvgIpc) is 3.19. The van der Waals surface area contributed by atoms with E-state index in [1.54, 1.807) is 5.57 Å². The van der Waals surface area contributed by atoms with Crippen molar-refractivity contribution in [1.29, 1.82) is 0 Å². The molecule has 0 aliphatic heterocycles. The van der Waals surface area contributed by atoms with E-state index in [0.29, 0.717) is 17.3 Å². The zero-order valence-corrected chi connectivity index (χ0v) is 24.7. The Labute approximate surface area is 223 Å². The number of carbonyl (C=O) groups excluding carboxylic acids is 1. The molecule has 0 radical (unpaired) electrons. The van der Waals surface area contributed by atoms with Crippen molar-refractivity contribution in [1.82, 2.24) is 0 Å². The van der Waals surface area contributed by atoms with E-state index in [0.717, 1.165) is 61.2 Å². The van der Waals surface area contributed by atoms with Crippen molar-refractivity contribution in [2.75, 3.05) is 0 Å². The van der Waals surface area contributed by atoms with Gasteiger partial charge in [-0.1, -0.05) is 91.7 Å². The second-order valence-corrected chi connectivity index (χ2v) is 14.5. The lowest BCUT2D eigenvalue weighted by Gasteiger charge is -2.58. The highest BCUT2D eigenvalue weighted by Gasteiger charge is 2.59. The van der Waals surface area contributed by atoms with Gasteiger partial charge in [0.25, 0.3) is 0 Å². The summed E-state index contributed by atoms with van der Waals surface area (Å²) in [5.74, 6) is 5.34. The lowest BCUT2D eigenvalue weighted by Crippen LogP contribution is -2.51. The van der Waals surface area contributed by atoms with Gasteiger partial charge in [0.15, 0.2) is 0 Å². The maximum atomic E-state index is 12.4. The number of fused-ring (bicyclic) bond motifs is 5. The van der Waals surface area contributed by atoms with Crippen LogP contribution >= 0.6 is 0 Å². The molecule has 0 heterocycles. The Kier molecular flexibility index (Phi) is 9.36. The summed E-state index contributed by atoms with van der Waals surface area (Å²) < 4.78 is 5.99. The first-order chi connectivity index (χ1) is 17.2. The van der Waals surface area contributed by atoms with Crippen LogP contribution in [-0.4, -0.2) is 12.1 Å². The van der Waals surface area contributed by atoms with Crippen molar-refractivity contribution in [2.45, 2.75) is 150 Å². The summed E-state index contributed by atoms with van der Waals surface area (Å²) in [6.45, 7) is 14.8. The third kappa shape index (κ3) is 5.78. The first kappa shape index (κ1) is 28.2. The van der Waals surface area contributed by atoms with Gasteiger partial charge in [0.05, 0.1) is 0 Å². The van der Waals surface area contributed by atoms with Crippen LogP contribution in [0.25, 0.3) is 0 Å². The third-order valence-electron chi connectivity index (χ3n) is 11.8.